The lowest BCUT2D eigenvalue weighted by Crippen LogP contribution is -2.50. The Labute approximate surface area is 209 Å². The maximum atomic E-state index is 13.9. The second-order valence-electron chi connectivity index (χ2n) is 9.01. The number of carbonyl (C=O) groups is 3. The van der Waals surface area contributed by atoms with Gasteiger partial charge in [-0.2, -0.15) is 0 Å². The number of aromatic nitrogens is 1. The fourth-order valence-electron chi connectivity index (χ4n) is 5.36. The van der Waals surface area contributed by atoms with Gasteiger partial charge in [-0.05, 0) is 50.1 Å². The Hall–Kier alpha value is -4.19. The zero-order chi connectivity index (χ0) is 25.4. The Morgan fingerprint density at radius 1 is 0.972 bits per heavy atom. The minimum absolute atomic E-state index is 0.0764. The summed E-state index contributed by atoms with van der Waals surface area (Å²) in [6.45, 7) is 5.71. The molecule has 0 saturated carbocycles. The monoisotopic (exact) mass is 481 g/mol. The van der Waals surface area contributed by atoms with E-state index in [2.05, 4.69) is 0 Å². The third-order valence-electron chi connectivity index (χ3n) is 7.04. The van der Waals surface area contributed by atoms with Gasteiger partial charge in [-0.1, -0.05) is 67.1 Å². The summed E-state index contributed by atoms with van der Waals surface area (Å²) in [7, 11) is 0. The van der Waals surface area contributed by atoms with E-state index in [-0.39, 0.29) is 18.4 Å². The van der Waals surface area contributed by atoms with Crippen molar-refractivity contribution in [1.82, 2.24) is 4.57 Å². The highest BCUT2D eigenvalue weighted by Gasteiger charge is 2.58. The quantitative estimate of drug-likeness (QED) is 0.349. The lowest BCUT2D eigenvalue weighted by molar-refractivity contribution is -0.156. The third-order valence-corrected chi connectivity index (χ3v) is 7.04. The second kappa shape index (κ2) is 9.11. The molecule has 0 aliphatic carbocycles. The van der Waals surface area contributed by atoms with E-state index in [4.69, 9.17) is 9.47 Å². The Kier molecular flexibility index (Phi) is 5.96. The van der Waals surface area contributed by atoms with E-state index in [1.807, 2.05) is 68.4 Å². The second-order valence-corrected chi connectivity index (χ2v) is 9.01. The molecule has 182 valence electrons. The summed E-state index contributed by atoms with van der Waals surface area (Å²) in [6.07, 6.45) is 0.309. The predicted octanol–water partition coefficient (Wildman–Crippen LogP) is 5.55. The van der Waals surface area contributed by atoms with Gasteiger partial charge in [0.25, 0.3) is 5.91 Å². The first-order valence-corrected chi connectivity index (χ1v) is 12.1. The number of nitrogens with zero attached hydrogens (tertiary/aromatic N) is 1. The van der Waals surface area contributed by atoms with Gasteiger partial charge in [0.15, 0.2) is 0 Å². The summed E-state index contributed by atoms with van der Waals surface area (Å²) in [5, 5.41) is 0.689. The molecule has 2 heterocycles. The molecular weight excluding hydrogens is 454 g/mol. The van der Waals surface area contributed by atoms with Crippen molar-refractivity contribution < 1.29 is 23.9 Å². The van der Waals surface area contributed by atoms with Gasteiger partial charge in [0.05, 0.1) is 12.1 Å². The van der Waals surface area contributed by atoms with Crippen LogP contribution in [0.3, 0.4) is 0 Å². The topological polar surface area (TPSA) is 74.6 Å². The first-order chi connectivity index (χ1) is 17.4. The van der Waals surface area contributed by atoms with E-state index in [1.165, 1.54) is 4.57 Å². The summed E-state index contributed by atoms with van der Waals surface area (Å²) in [4.78, 5) is 41.4. The summed E-state index contributed by atoms with van der Waals surface area (Å²) in [6, 6.07) is 23.7. The average molecular weight is 482 g/mol. The van der Waals surface area contributed by atoms with E-state index in [1.54, 1.807) is 31.2 Å². The van der Waals surface area contributed by atoms with Crippen LogP contribution in [0, 0.1) is 6.92 Å². The normalized spacial score (nSPS) is 19.0. The Balaban J connectivity index is 1.87. The molecule has 0 fully saturated rings. The molecule has 5 rings (SSSR count). The van der Waals surface area contributed by atoms with E-state index >= 15 is 0 Å². The van der Waals surface area contributed by atoms with E-state index in [9.17, 15) is 14.4 Å². The number of hydrogen-bond donors (Lipinski definition) is 0. The summed E-state index contributed by atoms with van der Waals surface area (Å²) in [5.74, 6) is -2.36. The first kappa shape index (κ1) is 23.5. The molecule has 0 saturated heterocycles. The van der Waals surface area contributed by atoms with Crippen LogP contribution in [0.25, 0.3) is 10.9 Å². The number of ether oxygens (including phenoxy) is 2. The van der Waals surface area contributed by atoms with Crippen LogP contribution in [0.4, 0.5) is 0 Å². The van der Waals surface area contributed by atoms with Crippen LogP contribution in [0.1, 0.15) is 53.2 Å². The summed E-state index contributed by atoms with van der Waals surface area (Å²) >= 11 is 0. The van der Waals surface area contributed by atoms with E-state index in [0.717, 1.165) is 5.56 Å². The number of rotatable bonds is 5. The van der Waals surface area contributed by atoms with Gasteiger partial charge in [0, 0.05) is 16.5 Å². The number of benzene rings is 3. The minimum Gasteiger partial charge on any atom is -0.465 e. The van der Waals surface area contributed by atoms with Crippen LogP contribution in [-0.2, 0) is 19.7 Å². The van der Waals surface area contributed by atoms with Gasteiger partial charge in [-0.3, -0.25) is 14.4 Å². The molecule has 6 nitrogen and oxygen atoms in total. The van der Waals surface area contributed by atoms with Crippen LogP contribution >= 0.6 is 0 Å². The molecule has 0 unspecified atom stereocenters. The zero-order valence-electron chi connectivity index (χ0n) is 20.5. The number of fused-ring (bicyclic) bond motifs is 3. The van der Waals surface area contributed by atoms with E-state index in [0.29, 0.717) is 34.0 Å². The van der Waals surface area contributed by atoms with E-state index < -0.39 is 23.3 Å². The highest BCUT2D eigenvalue weighted by molar-refractivity contribution is 6.09. The van der Waals surface area contributed by atoms with Gasteiger partial charge in [-0.15, -0.1) is 0 Å². The maximum Gasteiger partial charge on any atom is 0.324 e. The zero-order valence-corrected chi connectivity index (χ0v) is 20.5. The van der Waals surface area contributed by atoms with Crippen molar-refractivity contribution in [3.05, 3.63) is 101 Å². The molecule has 1 aliphatic heterocycles. The van der Waals surface area contributed by atoms with Crippen molar-refractivity contribution in [3.8, 4) is 5.88 Å². The fourth-order valence-corrected chi connectivity index (χ4v) is 5.36. The molecule has 0 amide bonds. The largest absolute Gasteiger partial charge is 0.465 e. The van der Waals surface area contributed by atoms with Gasteiger partial charge in [-0.25, -0.2) is 4.57 Å². The smallest absolute Gasteiger partial charge is 0.324 e. The van der Waals surface area contributed by atoms with Crippen molar-refractivity contribution >= 4 is 28.7 Å². The summed E-state index contributed by atoms with van der Waals surface area (Å²) < 4.78 is 13.0. The van der Waals surface area contributed by atoms with Crippen molar-refractivity contribution in [2.75, 3.05) is 6.61 Å². The third kappa shape index (κ3) is 3.44. The Morgan fingerprint density at radius 2 is 1.64 bits per heavy atom. The van der Waals surface area contributed by atoms with Crippen LogP contribution in [0.15, 0.2) is 78.9 Å². The standard InChI is InChI=1S/C30H27NO5/c1-4-30(21-14-10-7-11-15-21)25(28(33)35-5-2)24-22-18-19(3)16-17-23(22)31(27(24)36-29(30)34)26(32)20-12-8-6-9-13-20/h6-18,25H,4-5H2,1-3H3/t25-,30-/m1/s1. The Bertz CT molecular complexity index is 1470. The predicted molar refractivity (Wildman–Crippen MR) is 136 cm³/mol. The molecule has 4 aromatic rings. The fraction of sp³-hybridized carbons (Fsp3) is 0.233. The van der Waals surface area contributed by atoms with Crippen LogP contribution < -0.4 is 4.74 Å². The van der Waals surface area contributed by atoms with Crippen LogP contribution in [0.2, 0.25) is 0 Å². The highest BCUT2D eigenvalue weighted by Crippen LogP contribution is 2.53. The lowest BCUT2D eigenvalue weighted by Gasteiger charge is -2.40. The Morgan fingerprint density at radius 3 is 2.28 bits per heavy atom. The highest BCUT2D eigenvalue weighted by atomic mass is 16.6. The molecule has 6 heteroatoms. The first-order valence-electron chi connectivity index (χ1n) is 12.1. The van der Waals surface area contributed by atoms with Crippen molar-refractivity contribution in [2.45, 2.75) is 38.5 Å². The van der Waals surface area contributed by atoms with Crippen molar-refractivity contribution in [3.63, 3.8) is 0 Å². The average Bonchev–Trinajstić information content (AvgIpc) is 3.21. The number of carbonyl (C=O) groups excluding carboxylic acids is 3. The molecule has 0 spiro atoms. The molecule has 1 aromatic heterocycles. The van der Waals surface area contributed by atoms with Gasteiger partial charge < -0.3 is 9.47 Å². The number of hydrogen-bond acceptors (Lipinski definition) is 5. The van der Waals surface area contributed by atoms with Crippen molar-refractivity contribution in [1.29, 1.82) is 0 Å². The maximum absolute atomic E-state index is 13.9. The molecule has 0 radical (unpaired) electrons. The molecule has 0 bridgehead atoms. The minimum atomic E-state index is -1.31. The van der Waals surface area contributed by atoms with Gasteiger partial charge in [0.1, 0.15) is 11.3 Å². The molecule has 3 aromatic carbocycles. The molecule has 2 atom stereocenters. The SMILES string of the molecule is CCOC(=O)[C@H]1c2c(n(C(=O)c3ccccc3)c3ccc(C)cc23)OC(=O)[C@]1(CC)c1ccccc1. The molecule has 0 N–H and O–H groups in total. The molecule has 36 heavy (non-hydrogen) atoms. The molecular formula is C30H27NO5. The van der Waals surface area contributed by atoms with Crippen LogP contribution in [0.5, 0.6) is 5.88 Å². The van der Waals surface area contributed by atoms with Gasteiger partial charge in [0.2, 0.25) is 5.88 Å². The van der Waals surface area contributed by atoms with Gasteiger partial charge >= 0.3 is 11.9 Å². The molecule has 1 aliphatic rings. The number of esters is 2. The van der Waals surface area contributed by atoms with Crippen LogP contribution in [-0.4, -0.2) is 29.0 Å². The summed E-state index contributed by atoms with van der Waals surface area (Å²) in [5.41, 5.74) is 1.83. The lowest BCUT2D eigenvalue weighted by atomic mass is 9.64. The number of aryl methyl sites for hydroxylation is 1. The van der Waals surface area contributed by atoms with Crippen molar-refractivity contribution in [2.24, 2.45) is 0 Å².